The van der Waals surface area contributed by atoms with Crippen LogP contribution in [0.2, 0.25) is 0 Å². The average Bonchev–Trinajstić information content (AvgIpc) is 2.44. The van der Waals surface area contributed by atoms with Gasteiger partial charge in [-0.1, -0.05) is 77.3 Å². The Labute approximate surface area is 145 Å². The Balaban J connectivity index is 2.68. The lowest BCUT2D eigenvalue weighted by Crippen LogP contribution is -2.40. The van der Waals surface area contributed by atoms with Crippen molar-refractivity contribution in [2.45, 2.75) is 29.1 Å². The zero-order chi connectivity index (χ0) is 15.7. The minimum Gasteiger partial charge on any atom is -0.346 e. The van der Waals surface area contributed by atoms with E-state index in [4.69, 9.17) is 46.4 Å². The molecule has 0 spiro atoms. The summed E-state index contributed by atoms with van der Waals surface area (Å²) >= 11 is 22.4. The summed E-state index contributed by atoms with van der Waals surface area (Å²) in [6.07, 6.45) is 6.33. The van der Waals surface area contributed by atoms with E-state index in [0.717, 1.165) is 24.8 Å². The highest BCUT2D eigenvalue weighted by molar-refractivity contribution is 6.76. The monoisotopic (exact) mass is 367 g/mol. The van der Waals surface area contributed by atoms with Crippen LogP contribution in [-0.4, -0.2) is 21.6 Å². The Morgan fingerprint density at radius 2 is 1.86 bits per heavy atom. The molecule has 0 fully saturated rings. The first kappa shape index (κ1) is 18.6. The van der Waals surface area contributed by atoms with Gasteiger partial charge in [-0.2, -0.15) is 0 Å². The lowest BCUT2D eigenvalue weighted by atomic mass is 10.1. The lowest BCUT2D eigenvalue weighted by Gasteiger charge is -2.18. The molecular formula is C15H17Cl4NO. The minimum absolute atomic E-state index is 0.198. The molecular weight excluding hydrogens is 352 g/mol. The number of benzene rings is 1. The fraction of sp³-hybridized carbons (Fsp3) is 0.400. The van der Waals surface area contributed by atoms with Crippen molar-refractivity contribution in [3.63, 3.8) is 0 Å². The summed E-state index contributed by atoms with van der Waals surface area (Å²) in [5, 5.41) is 2.72. The van der Waals surface area contributed by atoms with Crippen LogP contribution in [0.5, 0.6) is 0 Å². The van der Waals surface area contributed by atoms with Crippen LogP contribution < -0.4 is 5.32 Å². The van der Waals surface area contributed by atoms with Crippen LogP contribution in [0, 0.1) is 0 Å². The van der Waals surface area contributed by atoms with Gasteiger partial charge in [0.1, 0.15) is 0 Å². The van der Waals surface area contributed by atoms with Crippen molar-refractivity contribution >= 4 is 58.4 Å². The van der Waals surface area contributed by atoms with Crippen molar-refractivity contribution in [2.75, 3.05) is 5.88 Å². The molecule has 1 aromatic rings. The number of amides is 1. The maximum atomic E-state index is 11.8. The largest absolute Gasteiger partial charge is 0.346 e. The van der Waals surface area contributed by atoms with Crippen molar-refractivity contribution in [1.29, 1.82) is 0 Å². The van der Waals surface area contributed by atoms with Crippen LogP contribution in [0.25, 0.3) is 6.08 Å². The fourth-order valence-electron chi connectivity index (χ4n) is 1.72. The first-order chi connectivity index (χ1) is 9.93. The fourth-order valence-corrected chi connectivity index (χ4v) is 2.07. The van der Waals surface area contributed by atoms with E-state index in [1.807, 2.05) is 42.5 Å². The molecule has 1 amide bonds. The zero-order valence-electron chi connectivity index (χ0n) is 11.4. The van der Waals surface area contributed by atoms with E-state index in [1.54, 1.807) is 0 Å². The molecule has 1 rings (SSSR count). The van der Waals surface area contributed by atoms with Crippen LogP contribution in [0.3, 0.4) is 0 Å². The molecule has 1 aromatic carbocycles. The molecule has 0 aliphatic rings. The molecule has 0 aliphatic heterocycles. The summed E-state index contributed by atoms with van der Waals surface area (Å²) in [7, 11) is 0. The van der Waals surface area contributed by atoms with Gasteiger partial charge in [0.25, 0.3) is 9.70 Å². The normalized spacial score (nSPS) is 13.3. The molecule has 0 heterocycles. The predicted octanol–water partition coefficient (Wildman–Crippen LogP) is 4.96. The minimum atomic E-state index is -1.95. The van der Waals surface area contributed by atoms with Crippen molar-refractivity contribution in [2.24, 2.45) is 0 Å². The predicted molar refractivity (Wildman–Crippen MR) is 92.3 cm³/mol. The van der Waals surface area contributed by atoms with Gasteiger partial charge in [0.05, 0.1) is 0 Å². The van der Waals surface area contributed by atoms with Gasteiger partial charge in [-0.3, -0.25) is 4.79 Å². The number of hydrogen-bond acceptors (Lipinski definition) is 1. The molecule has 0 saturated heterocycles. The topological polar surface area (TPSA) is 29.1 Å². The first-order valence-electron chi connectivity index (χ1n) is 6.60. The molecule has 116 valence electrons. The van der Waals surface area contributed by atoms with E-state index in [0.29, 0.717) is 5.88 Å². The number of nitrogens with one attached hydrogen (secondary N) is 1. The number of carbonyl (C=O) groups is 1. The highest BCUT2D eigenvalue weighted by atomic mass is 35.6. The molecule has 2 nitrogen and oxygen atoms in total. The Hall–Kier alpha value is -0.410. The Morgan fingerprint density at radius 3 is 2.43 bits per heavy atom. The maximum Gasteiger partial charge on any atom is 0.272 e. The molecule has 6 heteroatoms. The van der Waals surface area contributed by atoms with Crippen molar-refractivity contribution < 1.29 is 4.79 Å². The van der Waals surface area contributed by atoms with E-state index >= 15 is 0 Å². The summed E-state index contributed by atoms with van der Waals surface area (Å²) in [6, 6.07) is 9.59. The molecule has 0 radical (unpaired) electrons. The van der Waals surface area contributed by atoms with E-state index in [2.05, 4.69) is 5.32 Å². The van der Waals surface area contributed by atoms with Gasteiger partial charge >= 0.3 is 0 Å². The maximum absolute atomic E-state index is 11.8. The molecule has 0 aliphatic carbocycles. The summed E-state index contributed by atoms with van der Waals surface area (Å²) in [6.45, 7) is 0. The standard InChI is InChI=1S/C15H17Cl4NO/c16-11-5-4-8-13(20-14(21)15(17,18)19)10-9-12-6-2-1-3-7-12/h1-3,6-7,9-10,13H,4-5,8,11H2,(H,20,21)/b10-9+/t13-/m0/s1. The third-order valence-corrected chi connectivity index (χ3v) is 3.58. The molecule has 0 bridgehead atoms. The number of unbranched alkanes of at least 4 members (excludes halogenated alkanes) is 1. The van der Waals surface area contributed by atoms with Crippen LogP contribution in [0.4, 0.5) is 0 Å². The second-order valence-electron chi connectivity index (χ2n) is 4.53. The molecule has 0 unspecified atom stereocenters. The zero-order valence-corrected chi connectivity index (χ0v) is 14.4. The Bertz CT molecular complexity index is 456. The van der Waals surface area contributed by atoms with Crippen molar-refractivity contribution in [3.8, 4) is 0 Å². The number of hydrogen-bond donors (Lipinski definition) is 1. The summed E-state index contributed by atoms with van der Waals surface area (Å²) in [4.78, 5) is 11.8. The number of alkyl halides is 4. The van der Waals surface area contributed by atoms with Gasteiger partial charge in [-0.15, -0.1) is 11.6 Å². The Kier molecular flexibility index (Phi) is 8.50. The summed E-state index contributed by atoms with van der Waals surface area (Å²) in [5.41, 5.74) is 1.04. The summed E-state index contributed by atoms with van der Waals surface area (Å²) < 4.78 is -1.95. The van der Waals surface area contributed by atoms with Crippen LogP contribution in [-0.2, 0) is 4.79 Å². The second-order valence-corrected chi connectivity index (χ2v) is 7.19. The van der Waals surface area contributed by atoms with E-state index in [9.17, 15) is 4.79 Å². The number of carbonyl (C=O) groups excluding carboxylic acids is 1. The van der Waals surface area contributed by atoms with Crippen LogP contribution >= 0.6 is 46.4 Å². The molecule has 0 saturated carbocycles. The van der Waals surface area contributed by atoms with Gasteiger partial charge in [0.15, 0.2) is 0 Å². The van der Waals surface area contributed by atoms with Crippen molar-refractivity contribution in [3.05, 3.63) is 42.0 Å². The van der Waals surface area contributed by atoms with Crippen LogP contribution in [0.15, 0.2) is 36.4 Å². The average molecular weight is 369 g/mol. The van der Waals surface area contributed by atoms with E-state index in [1.165, 1.54) is 0 Å². The molecule has 1 atom stereocenters. The second kappa shape index (κ2) is 9.58. The summed E-state index contributed by atoms with van der Waals surface area (Å²) in [5.74, 6) is -0.0332. The number of halogens is 4. The third-order valence-electron chi connectivity index (χ3n) is 2.79. The van der Waals surface area contributed by atoms with Gasteiger partial charge < -0.3 is 5.32 Å². The SMILES string of the molecule is O=C(N[C@H](/C=C/c1ccccc1)CCCCCl)C(Cl)(Cl)Cl. The lowest BCUT2D eigenvalue weighted by molar-refractivity contribution is -0.120. The van der Waals surface area contributed by atoms with Gasteiger partial charge in [-0.25, -0.2) is 0 Å². The Morgan fingerprint density at radius 1 is 1.19 bits per heavy atom. The molecule has 1 N–H and O–H groups in total. The van der Waals surface area contributed by atoms with E-state index in [-0.39, 0.29) is 6.04 Å². The van der Waals surface area contributed by atoms with Gasteiger partial charge in [0, 0.05) is 11.9 Å². The first-order valence-corrected chi connectivity index (χ1v) is 8.27. The third kappa shape index (κ3) is 7.96. The highest BCUT2D eigenvalue weighted by Crippen LogP contribution is 2.26. The number of rotatable bonds is 7. The molecule has 21 heavy (non-hydrogen) atoms. The highest BCUT2D eigenvalue weighted by Gasteiger charge is 2.31. The van der Waals surface area contributed by atoms with Gasteiger partial charge in [0.2, 0.25) is 0 Å². The van der Waals surface area contributed by atoms with Crippen LogP contribution in [0.1, 0.15) is 24.8 Å². The molecule has 0 aromatic heterocycles. The van der Waals surface area contributed by atoms with Gasteiger partial charge in [-0.05, 0) is 24.8 Å². The quantitative estimate of drug-likeness (QED) is 0.534. The van der Waals surface area contributed by atoms with E-state index < -0.39 is 9.70 Å². The van der Waals surface area contributed by atoms with Crippen molar-refractivity contribution in [1.82, 2.24) is 5.32 Å². The smallest absolute Gasteiger partial charge is 0.272 e.